The molecule has 2 heterocycles. The van der Waals surface area contributed by atoms with Gasteiger partial charge in [-0.3, -0.25) is 9.13 Å². The minimum absolute atomic E-state index is 0.179. The molecular formula is C40H43BrF4O6P2S2. The number of fused-ring (bicyclic) bond motifs is 2. The van der Waals surface area contributed by atoms with Gasteiger partial charge in [-0.15, -0.1) is 22.7 Å². The van der Waals surface area contributed by atoms with Gasteiger partial charge in [-0.1, -0.05) is 40.2 Å². The van der Waals surface area contributed by atoms with Gasteiger partial charge in [-0.2, -0.15) is 0 Å². The van der Waals surface area contributed by atoms with Gasteiger partial charge >= 0.3 is 15.2 Å². The van der Waals surface area contributed by atoms with E-state index in [1.165, 1.54) is 71.2 Å². The molecule has 2 aromatic heterocycles. The third-order valence-corrected chi connectivity index (χ3v) is 15.1. The van der Waals surface area contributed by atoms with Crippen LogP contribution in [0.3, 0.4) is 0 Å². The number of thiophene rings is 2. The minimum Gasteiger partial charge on any atom is -0.309 e. The summed E-state index contributed by atoms with van der Waals surface area (Å²) in [6.45, 7) is 8.18. The number of rotatable bonds is 15. The molecule has 296 valence electrons. The summed E-state index contributed by atoms with van der Waals surface area (Å²) in [5.74, 6) is -1.17. The lowest BCUT2D eigenvalue weighted by Gasteiger charge is -2.26. The molecule has 6 rings (SSSR count). The molecule has 0 spiro atoms. The maximum absolute atomic E-state index is 13.9. The van der Waals surface area contributed by atoms with Crippen molar-refractivity contribution < 1.29 is 44.8 Å². The fourth-order valence-electron chi connectivity index (χ4n) is 5.57. The Bertz CT molecular complexity index is 2180. The van der Waals surface area contributed by atoms with Crippen molar-refractivity contribution in [3.05, 3.63) is 141 Å². The van der Waals surface area contributed by atoms with Gasteiger partial charge in [0.2, 0.25) is 0 Å². The van der Waals surface area contributed by atoms with Gasteiger partial charge in [0.25, 0.3) is 0 Å². The smallest absolute Gasteiger partial charge is 0.309 e. The number of halogens is 5. The zero-order valence-electron chi connectivity index (χ0n) is 30.8. The number of hydrogen-bond donors (Lipinski definition) is 0. The molecule has 1 atom stereocenters. The van der Waals surface area contributed by atoms with Gasteiger partial charge in [0.15, 0.2) is 0 Å². The van der Waals surface area contributed by atoms with Crippen LogP contribution in [0.1, 0.15) is 55.6 Å². The van der Waals surface area contributed by atoms with Gasteiger partial charge in [0.05, 0.1) is 38.2 Å². The van der Waals surface area contributed by atoms with E-state index in [2.05, 4.69) is 15.9 Å². The number of hydrogen-bond acceptors (Lipinski definition) is 8. The molecule has 0 saturated heterocycles. The first kappa shape index (κ1) is 45.0. The number of alkyl halides is 1. The van der Waals surface area contributed by atoms with Crippen LogP contribution in [-0.4, -0.2) is 26.4 Å². The van der Waals surface area contributed by atoms with Gasteiger partial charge in [0, 0.05) is 14.7 Å². The Morgan fingerprint density at radius 3 is 1.56 bits per heavy atom. The second kappa shape index (κ2) is 21.7. The summed E-state index contributed by atoms with van der Waals surface area (Å²) in [7, 11) is -6.67. The van der Waals surface area contributed by atoms with Gasteiger partial charge in [-0.25, -0.2) is 17.6 Å². The average molecular weight is 902 g/mol. The fraction of sp³-hybridized carbons (Fsp3) is 0.300. The first-order chi connectivity index (χ1) is 26.4. The lowest BCUT2D eigenvalue weighted by atomic mass is 10.0. The van der Waals surface area contributed by atoms with E-state index >= 15 is 0 Å². The molecule has 0 fully saturated rings. The van der Waals surface area contributed by atoms with Crippen molar-refractivity contribution in [2.45, 2.75) is 51.3 Å². The lowest BCUT2D eigenvalue weighted by Crippen LogP contribution is -2.09. The largest absolute Gasteiger partial charge is 0.338 e. The molecule has 15 heteroatoms. The quantitative estimate of drug-likeness (QED) is 0.0581. The highest BCUT2D eigenvalue weighted by molar-refractivity contribution is 9.08. The summed E-state index contributed by atoms with van der Waals surface area (Å²) >= 11 is 6.22. The number of benzene rings is 4. The molecular weight excluding hydrogens is 858 g/mol. The van der Waals surface area contributed by atoms with Crippen molar-refractivity contribution in [1.29, 1.82) is 0 Å². The molecule has 4 aromatic carbocycles. The highest BCUT2D eigenvalue weighted by Gasteiger charge is 2.38. The van der Waals surface area contributed by atoms with Crippen LogP contribution in [-0.2, 0) is 45.1 Å². The van der Waals surface area contributed by atoms with Gasteiger partial charge < -0.3 is 18.1 Å². The van der Waals surface area contributed by atoms with E-state index in [0.717, 1.165) is 42.4 Å². The molecule has 0 amide bonds. The van der Waals surface area contributed by atoms with E-state index in [-0.39, 0.29) is 42.6 Å². The molecule has 0 aliphatic heterocycles. The monoisotopic (exact) mass is 900 g/mol. The third-order valence-electron chi connectivity index (χ3n) is 7.97. The van der Waals surface area contributed by atoms with Crippen LogP contribution in [0.25, 0.3) is 20.2 Å². The molecule has 6 aromatic rings. The molecule has 0 saturated carbocycles. The maximum atomic E-state index is 13.9. The van der Waals surface area contributed by atoms with Crippen molar-refractivity contribution in [3.8, 4) is 0 Å². The molecule has 6 nitrogen and oxygen atoms in total. The zero-order valence-corrected chi connectivity index (χ0v) is 35.8. The van der Waals surface area contributed by atoms with Crippen LogP contribution in [0.4, 0.5) is 17.6 Å². The second-order valence-corrected chi connectivity index (χ2v) is 18.5. The van der Waals surface area contributed by atoms with Crippen LogP contribution >= 0.6 is 53.8 Å². The van der Waals surface area contributed by atoms with E-state index in [4.69, 9.17) is 18.1 Å². The van der Waals surface area contributed by atoms with E-state index in [0.29, 0.717) is 25.0 Å². The van der Waals surface area contributed by atoms with Gasteiger partial charge in [-0.05, 0) is 139 Å². The van der Waals surface area contributed by atoms with Crippen LogP contribution in [0, 0.1) is 23.3 Å². The summed E-state index contributed by atoms with van der Waals surface area (Å²) in [4.78, 5) is 0. The van der Waals surface area contributed by atoms with Crippen LogP contribution in [0.5, 0.6) is 0 Å². The lowest BCUT2D eigenvalue weighted by molar-refractivity contribution is 0.211. The Balaban J connectivity index is 0.000000207. The first-order valence-corrected chi connectivity index (χ1v) is 23.7. The summed E-state index contributed by atoms with van der Waals surface area (Å²) in [6.07, 6.45) is 0.512. The summed E-state index contributed by atoms with van der Waals surface area (Å²) in [6, 6.07) is 21.6. The summed E-state index contributed by atoms with van der Waals surface area (Å²) < 4.78 is 102. The second-order valence-electron chi connectivity index (χ2n) is 11.8. The van der Waals surface area contributed by atoms with Crippen molar-refractivity contribution in [1.82, 2.24) is 0 Å². The highest BCUT2D eigenvalue weighted by Crippen LogP contribution is 2.63. The summed E-state index contributed by atoms with van der Waals surface area (Å²) in [5.41, 5.74) is 2.82. The SMILES string of the molecule is CCOP(=O)(Cc1csc2ccc(F)cc12)OCC.CCOP(=O)(OCC)C(Cc1ccc(F)cc1)c1csc2ccc(F)cc12.Fc1ccc(CBr)cc1. The van der Waals surface area contributed by atoms with E-state index < -0.39 is 20.9 Å². The fourth-order valence-corrected chi connectivity index (χ4v) is 12.0. The Morgan fingerprint density at radius 2 is 1.05 bits per heavy atom. The Labute approximate surface area is 336 Å². The summed E-state index contributed by atoms with van der Waals surface area (Å²) in [5, 5.41) is 6.03. The molecule has 0 N–H and O–H groups in total. The van der Waals surface area contributed by atoms with Crippen molar-refractivity contribution in [3.63, 3.8) is 0 Å². The van der Waals surface area contributed by atoms with Gasteiger partial charge in [0.1, 0.15) is 23.3 Å². The minimum atomic E-state index is -3.52. The van der Waals surface area contributed by atoms with Crippen molar-refractivity contribution in [2.24, 2.45) is 0 Å². The third kappa shape index (κ3) is 12.9. The predicted molar refractivity (Wildman–Crippen MR) is 221 cm³/mol. The zero-order chi connectivity index (χ0) is 40.0. The average Bonchev–Trinajstić information content (AvgIpc) is 3.75. The molecule has 0 bridgehead atoms. The molecule has 1 unspecified atom stereocenters. The molecule has 0 aliphatic rings. The highest BCUT2D eigenvalue weighted by atomic mass is 79.9. The van der Waals surface area contributed by atoms with Crippen LogP contribution in [0.2, 0.25) is 0 Å². The standard InChI is InChI=1S/C20H21F2O3PS.C13H16FO3PS.C7H6BrF/c1-3-24-26(23,25-4-2)19(11-14-5-7-15(21)8-6-14)18-13-27-20-10-9-16(22)12-17(18)20;1-3-16-18(15,17-4-2)8-10-9-19-13-6-5-11(14)7-12(10)13;8-5-6-1-3-7(9)4-2-6/h5-10,12-13,19H,3-4,11H2,1-2H3;5-7,9H,3-4,8H2,1-2H3;1-4H,5H2. The van der Waals surface area contributed by atoms with Crippen LogP contribution < -0.4 is 0 Å². The van der Waals surface area contributed by atoms with E-state index in [1.807, 2.05) is 10.8 Å². The van der Waals surface area contributed by atoms with Crippen molar-refractivity contribution in [2.75, 3.05) is 26.4 Å². The van der Waals surface area contributed by atoms with E-state index in [9.17, 15) is 26.7 Å². The molecule has 0 aliphatic carbocycles. The first-order valence-electron chi connectivity index (χ1n) is 17.5. The molecule has 0 radical (unpaired) electrons. The predicted octanol–water partition coefficient (Wildman–Crippen LogP) is 14.3. The van der Waals surface area contributed by atoms with Crippen LogP contribution in [0.15, 0.2) is 95.7 Å². The normalized spacial score (nSPS) is 12.2. The Morgan fingerprint density at radius 1 is 0.600 bits per heavy atom. The maximum Gasteiger partial charge on any atom is 0.338 e. The van der Waals surface area contributed by atoms with Crippen molar-refractivity contribution >= 4 is 74.0 Å². The van der Waals surface area contributed by atoms with E-state index in [1.54, 1.807) is 64.1 Å². The Hall–Kier alpha value is -2.70. The Kier molecular flexibility index (Phi) is 17.8. The topological polar surface area (TPSA) is 71.1 Å². The molecule has 55 heavy (non-hydrogen) atoms.